The largest absolute Gasteiger partial charge is 0.508 e. The fourth-order valence-electron chi connectivity index (χ4n) is 8.36. The molecule has 2 aliphatic rings. The van der Waals surface area contributed by atoms with Gasteiger partial charge in [-0.15, -0.1) is 29.0 Å². The summed E-state index contributed by atoms with van der Waals surface area (Å²) in [6.45, 7) is 13.8. The number of terminal acetylenes is 1. The van der Waals surface area contributed by atoms with E-state index in [9.17, 15) is 24.6 Å². The average Bonchev–Trinajstić information content (AvgIpc) is 4.09. The van der Waals surface area contributed by atoms with E-state index in [1.165, 1.54) is 4.68 Å². The minimum Gasteiger partial charge on any atom is -0.508 e. The second-order valence-corrected chi connectivity index (χ2v) is 18.5. The highest BCUT2D eigenvalue weighted by molar-refractivity contribution is 5.85. The van der Waals surface area contributed by atoms with E-state index in [1.807, 2.05) is 14.7 Å². The number of carbonyl (C=O) groups is 3. The highest BCUT2D eigenvalue weighted by Crippen LogP contribution is 2.27. The summed E-state index contributed by atoms with van der Waals surface area (Å²) in [6, 6.07) is 4.47. The summed E-state index contributed by atoms with van der Waals surface area (Å²) in [5.74, 6) is 2.78. The van der Waals surface area contributed by atoms with E-state index in [1.54, 1.807) is 46.2 Å². The first kappa shape index (κ1) is 57.7. The molecule has 2 saturated heterocycles. The van der Waals surface area contributed by atoms with Crippen LogP contribution < -0.4 is 26.6 Å². The number of ether oxygens (including phenoxy) is 3. The van der Waals surface area contributed by atoms with Crippen molar-refractivity contribution in [3.8, 4) is 18.1 Å². The predicted octanol–water partition coefficient (Wildman–Crippen LogP) is 2.26. The number of carboxylic acid groups (broad SMARTS) is 1. The van der Waals surface area contributed by atoms with E-state index < -0.39 is 18.1 Å². The van der Waals surface area contributed by atoms with Gasteiger partial charge in [-0.3, -0.25) is 14.4 Å². The molecular formula is C48H73ClN16O8. The van der Waals surface area contributed by atoms with Crippen molar-refractivity contribution in [3.63, 3.8) is 0 Å². The number of aromatic nitrogens is 9. The number of phenolic OH excluding ortho intramolecular Hbond substituents is 1. The van der Waals surface area contributed by atoms with Crippen LogP contribution in [0.4, 0.5) is 17.8 Å². The number of aliphatic carboxylic acids is 1. The molecule has 24 nitrogen and oxygen atoms in total. The fourth-order valence-corrected chi connectivity index (χ4v) is 8.36. The predicted molar refractivity (Wildman–Crippen MR) is 274 cm³/mol. The molecule has 2 unspecified atom stereocenters. The minimum absolute atomic E-state index is 0. The molecule has 0 saturated carbocycles. The number of halogens is 1. The lowest BCUT2D eigenvalue weighted by Gasteiger charge is -2.38. The lowest BCUT2D eigenvalue weighted by Crippen LogP contribution is -2.52. The van der Waals surface area contributed by atoms with E-state index in [4.69, 9.17) is 47.1 Å². The molecule has 7 N–H and O–H groups in total. The molecule has 73 heavy (non-hydrogen) atoms. The molecule has 0 aliphatic carbocycles. The molecule has 0 radical (unpaired) electrons. The van der Waals surface area contributed by atoms with Crippen molar-refractivity contribution in [1.82, 2.24) is 54.7 Å². The number of nitrogens with two attached hydrogens (primary N) is 2. The highest BCUT2D eigenvalue weighted by atomic mass is 35.5. The van der Waals surface area contributed by atoms with Crippen LogP contribution in [0.3, 0.4) is 0 Å². The van der Waals surface area contributed by atoms with Gasteiger partial charge in [0.2, 0.25) is 29.7 Å². The number of piperazine rings is 2. The van der Waals surface area contributed by atoms with Gasteiger partial charge in [0.1, 0.15) is 24.4 Å². The summed E-state index contributed by atoms with van der Waals surface area (Å²) in [7, 11) is 0. The standard InChI is InChI=1S/C48H72N16O8.ClH/c1-6-23-70-25-27-72-28-26-71-24-14-51-46-52-47(61-19-15-59(16-20-61)44(68)40(12-13-42(66)67)63-31-38(55-57-63)37(49)29-33(3)4)54-48(53-46)62-21-17-60(18-22-62)45(69)41(30-35-8-10-36(65)11-9-35)64-32-39(56-58-64)43(50)34(5)7-2;/h1,8-11,31-34,37,40-41,43,65H,7,12-30,49-50H2,2-5H3,(H,66,67)(H,51,52,53,54);1H/t34-,37?,40+,41+,43?;/m1./s1. The monoisotopic (exact) mass is 1040 g/mol. The van der Waals surface area contributed by atoms with Crippen LogP contribution in [0, 0.1) is 24.2 Å². The summed E-state index contributed by atoms with van der Waals surface area (Å²) in [4.78, 5) is 62.4. The zero-order valence-corrected chi connectivity index (χ0v) is 43.2. The number of rotatable bonds is 28. The first-order valence-corrected chi connectivity index (χ1v) is 24.8. The van der Waals surface area contributed by atoms with Crippen LogP contribution in [-0.2, 0) is 35.0 Å². The van der Waals surface area contributed by atoms with Crippen LogP contribution in [0.2, 0.25) is 0 Å². The zero-order valence-electron chi connectivity index (χ0n) is 42.4. The van der Waals surface area contributed by atoms with Crippen molar-refractivity contribution in [1.29, 1.82) is 0 Å². The third-order valence-electron chi connectivity index (χ3n) is 12.8. The van der Waals surface area contributed by atoms with Crippen molar-refractivity contribution in [2.45, 2.75) is 84.0 Å². The van der Waals surface area contributed by atoms with Crippen LogP contribution in [0.5, 0.6) is 5.75 Å². The Labute approximate surface area is 432 Å². The summed E-state index contributed by atoms with van der Waals surface area (Å²) < 4.78 is 19.6. The lowest BCUT2D eigenvalue weighted by molar-refractivity contribution is -0.139. The Hall–Kier alpha value is -6.23. The number of anilines is 3. The Bertz CT molecular complexity index is 2370. The zero-order chi connectivity index (χ0) is 51.6. The van der Waals surface area contributed by atoms with Crippen LogP contribution in [0.1, 0.15) is 94.5 Å². The number of carbonyl (C=O) groups excluding carboxylic acids is 2. The molecule has 1 aromatic carbocycles. The maximum Gasteiger partial charge on any atom is 0.303 e. The molecule has 3 aromatic heterocycles. The van der Waals surface area contributed by atoms with Gasteiger partial charge in [0.25, 0.3) is 0 Å². The molecular weight excluding hydrogens is 964 g/mol. The molecule has 25 heteroatoms. The lowest BCUT2D eigenvalue weighted by atomic mass is 9.98. The molecule has 2 amide bonds. The van der Waals surface area contributed by atoms with E-state index in [0.717, 1.165) is 12.0 Å². The van der Waals surface area contributed by atoms with Crippen LogP contribution >= 0.6 is 12.4 Å². The summed E-state index contributed by atoms with van der Waals surface area (Å²) in [6.07, 6.45) is 10.3. The molecule has 2 aliphatic heterocycles. The van der Waals surface area contributed by atoms with Crippen LogP contribution in [-0.4, -0.2) is 181 Å². The molecule has 0 bridgehead atoms. The number of hydrogen-bond donors (Lipinski definition) is 5. The first-order valence-electron chi connectivity index (χ1n) is 24.8. The van der Waals surface area contributed by atoms with Crippen molar-refractivity contribution in [2.75, 3.05) is 114 Å². The fraction of sp³-hybridized carbons (Fsp3) is 0.625. The maximum atomic E-state index is 14.5. The van der Waals surface area contributed by atoms with Gasteiger partial charge in [-0.1, -0.05) is 62.6 Å². The Morgan fingerprint density at radius 3 is 1.86 bits per heavy atom. The maximum absolute atomic E-state index is 14.5. The number of nitrogens with one attached hydrogen (secondary N) is 1. The van der Waals surface area contributed by atoms with Crippen molar-refractivity contribution >= 4 is 48.0 Å². The number of phenols is 1. The molecule has 6 rings (SSSR count). The summed E-state index contributed by atoms with van der Waals surface area (Å²) in [5, 5.41) is 40.0. The molecule has 5 atom stereocenters. The van der Waals surface area contributed by atoms with Gasteiger partial charge in [-0.05, 0) is 42.4 Å². The van der Waals surface area contributed by atoms with Gasteiger partial charge in [0.05, 0.1) is 68.9 Å². The van der Waals surface area contributed by atoms with Crippen molar-refractivity contribution < 1.29 is 38.8 Å². The Morgan fingerprint density at radius 1 is 0.767 bits per heavy atom. The normalized spacial score (nSPS) is 16.1. The third kappa shape index (κ3) is 16.9. The molecule has 4 aromatic rings. The Kier molecular flexibility index (Phi) is 22.8. The number of nitrogens with zero attached hydrogens (tertiary/aromatic N) is 13. The Morgan fingerprint density at radius 2 is 1.30 bits per heavy atom. The average molecular weight is 1040 g/mol. The van der Waals surface area contributed by atoms with Gasteiger partial charge < -0.3 is 60.8 Å². The SMILES string of the molecule is C#CCOCCOCCOCCNc1nc(N2CCN(C(=O)[C@H](CCC(=O)O)n3cc(C(N)CC(C)C)nn3)CC2)nc(N2CCN(C(=O)[C@H](Cc3ccc(O)cc3)n3cc(C(N)[C@H](C)CC)nn3)CC2)n1.Cl. The number of aromatic hydroxyl groups is 1. The van der Waals surface area contributed by atoms with E-state index in [0.29, 0.717) is 140 Å². The molecule has 400 valence electrons. The molecule has 0 spiro atoms. The van der Waals surface area contributed by atoms with Gasteiger partial charge in [-0.25, -0.2) is 9.36 Å². The quantitative estimate of drug-likeness (QED) is 0.0403. The van der Waals surface area contributed by atoms with Crippen LogP contribution in [0.15, 0.2) is 36.7 Å². The van der Waals surface area contributed by atoms with Gasteiger partial charge in [0.15, 0.2) is 0 Å². The topological polar surface area (TPSA) is 296 Å². The second kappa shape index (κ2) is 28.9. The number of amides is 2. The van der Waals surface area contributed by atoms with Gasteiger partial charge in [0, 0.05) is 71.7 Å². The molecule has 5 heterocycles. The smallest absolute Gasteiger partial charge is 0.303 e. The van der Waals surface area contributed by atoms with Gasteiger partial charge in [-0.2, -0.15) is 15.0 Å². The van der Waals surface area contributed by atoms with Crippen molar-refractivity contribution in [3.05, 3.63) is 53.6 Å². The summed E-state index contributed by atoms with van der Waals surface area (Å²) in [5.41, 5.74) is 14.9. The minimum atomic E-state index is -1.02. The number of benzene rings is 1. The highest BCUT2D eigenvalue weighted by Gasteiger charge is 2.34. The first-order chi connectivity index (χ1) is 34.7. The van der Waals surface area contributed by atoms with Crippen LogP contribution in [0.25, 0.3) is 0 Å². The van der Waals surface area contributed by atoms with Gasteiger partial charge >= 0.3 is 5.97 Å². The van der Waals surface area contributed by atoms with E-state index >= 15 is 0 Å². The van der Waals surface area contributed by atoms with Crippen molar-refractivity contribution in [2.24, 2.45) is 23.3 Å². The second-order valence-electron chi connectivity index (χ2n) is 18.5. The Balaban J connectivity index is 0.00000988. The third-order valence-corrected chi connectivity index (χ3v) is 12.8. The number of hydrogen-bond acceptors (Lipinski definition) is 19. The molecule has 2 fully saturated rings. The summed E-state index contributed by atoms with van der Waals surface area (Å²) >= 11 is 0. The van der Waals surface area contributed by atoms with E-state index in [-0.39, 0.29) is 67.4 Å². The van der Waals surface area contributed by atoms with E-state index in [2.05, 4.69) is 59.6 Å². The number of carboxylic acids is 1.